The number of hydrogen-bond acceptors (Lipinski definition) is 7. The number of benzene rings is 1. The first kappa shape index (κ1) is 14.2. The largest absolute Gasteiger partial charge is 0.490 e. The van der Waals surface area contributed by atoms with Crippen molar-refractivity contribution in [3.05, 3.63) is 42.4 Å². The summed E-state index contributed by atoms with van der Waals surface area (Å²) in [4.78, 5) is 5.39. The van der Waals surface area contributed by atoms with Gasteiger partial charge in [-0.15, -0.1) is 11.8 Å². The van der Waals surface area contributed by atoms with E-state index in [1.165, 1.54) is 0 Å². The lowest BCUT2D eigenvalue weighted by molar-refractivity contribution is 0.297. The highest BCUT2D eigenvalue weighted by Crippen LogP contribution is 2.34. The van der Waals surface area contributed by atoms with E-state index < -0.39 is 0 Å². The summed E-state index contributed by atoms with van der Waals surface area (Å²) < 4.78 is 21.7. The fourth-order valence-corrected chi connectivity index (χ4v) is 2.96. The fraction of sp³-hybridized carbons (Fsp3) is 0.250. The van der Waals surface area contributed by atoms with Gasteiger partial charge in [-0.3, -0.25) is 0 Å². The summed E-state index contributed by atoms with van der Waals surface area (Å²) in [6, 6.07) is 9.50. The first-order chi connectivity index (χ1) is 11.4. The molecule has 1 aliphatic rings. The molecule has 4 rings (SSSR count). The lowest BCUT2D eigenvalue weighted by Gasteiger charge is -2.08. The molecule has 2 aromatic heterocycles. The maximum Gasteiger partial charge on any atom is 0.293 e. The van der Waals surface area contributed by atoms with Gasteiger partial charge in [0.2, 0.25) is 0 Å². The zero-order valence-electron chi connectivity index (χ0n) is 12.2. The highest BCUT2D eigenvalue weighted by atomic mass is 32.2. The molecule has 0 saturated heterocycles. The molecule has 3 aromatic rings. The number of ether oxygens (including phenoxy) is 2. The van der Waals surface area contributed by atoms with Crippen LogP contribution in [0, 0.1) is 0 Å². The van der Waals surface area contributed by atoms with Crippen molar-refractivity contribution >= 4 is 11.8 Å². The van der Waals surface area contributed by atoms with Crippen LogP contribution in [0.25, 0.3) is 11.7 Å². The van der Waals surface area contributed by atoms with Gasteiger partial charge in [-0.2, -0.15) is 4.98 Å². The summed E-state index contributed by atoms with van der Waals surface area (Å²) in [6.07, 6.45) is 2.47. The van der Waals surface area contributed by atoms with Crippen molar-refractivity contribution in [3.63, 3.8) is 0 Å². The lowest BCUT2D eigenvalue weighted by Crippen LogP contribution is -1.97. The predicted octanol–water partition coefficient (Wildman–Crippen LogP) is 3.78. The Bertz CT molecular complexity index is 785. The molecule has 0 atom stereocenters. The molecule has 3 heterocycles. The maximum absolute atomic E-state index is 5.69. The maximum atomic E-state index is 5.69. The van der Waals surface area contributed by atoms with Crippen molar-refractivity contribution in [2.75, 3.05) is 13.2 Å². The Morgan fingerprint density at radius 2 is 2.00 bits per heavy atom. The summed E-state index contributed by atoms with van der Waals surface area (Å²) in [6.45, 7) is 1.37. The second-order valence-corrected chi connectivity index (χ2v) is 5.99. The van der Waals surface area contributed by atoms with Crippen molar-refractivity contribution in [2.24, 2.45) is 0 Å². The third-order valence-corrected chi connectivity index (χ3v) is 4.28. The zero-order chi connectivity index (χ0) is 15.5. The Morgan fingerprint density at radius 3 is 2.87 bits per heavy atom. The Balaban J connectivity index is 1.44. The topological polar surface area (TPSA) is 70.5 Å². The van der Waals surface area contributed by atoms with Crippen LogP contribution in [0.5, 0.6) is 11.5 Å². The van der Waals surface area contributed by atoms with Crippen LogP contribution in [-0.4, -0.2) is 23.4 Å². The minimum absolute atomic E-state index is 0.393. The van der Waals surface area contributed by atoms with Gasteiger partial charge in [0.1, 0.15) is 0 Å². The van der Waals surface area contributed by atoms with E-state index in [4.69, 9.17) is 18.4 Å². The first-order valence-corrected chi connectivity index (χ1v) is 8.26. The summed E-state index contributed by atoms with van der Waals surface area (Å²) >= 11 is 1.61. The first-order valence-electron chi connectivity index (χ1n) is 7.27. The smallest absolute Gasteiger partial charge is 0.293 e. The van der Waals surface area contributed by atoms with E-state index in [1.807, 2.05) is 18.2 Å². The minimum Gasteiger partial charge on any atom is -0.490 e. The van der Waals surface area contributed by atoms with Crippen LogP contribution in [0.15, 0.2) is 50.4 Å². The van der Waals surface area contributed by atoms with Gasteiger partial charge >= 0.3 is 0 Å². The SMILES string of the molecule is c1coc(-c2nc(CSc3ccc4c(c3)OCCCO4)no2)c1. The average Bonchev–Trinajstić information content (AvgIpc) is 3.20. The van der Waals surface area contributed by atoms with Crippen LogP contribution in [0.1, 0.15) is 12.2 Å². The van der Waals surface area contributed by atoms with Crippen molar-refractivity contribution in [1.29, 1.82) is 0 Å². The Morgan fingerprint density at radius 1 is 1.09 bits per heavy atom. The van der Waals surface area contributed by atoms with Crippen LogP contribution in [0.4, 0.5) is 0 Å². The zero-order valence-corrected chi connectivity index (χ0v) is 13.0. The van der Waals surface area contributed by atoms with E-state index in [1.54, 1.807) is 30.2 Å². The van der Waals surface area contributed by atoms with Crippen LogP contribution in [0.3, 0.4) is 0 Å². The molecular weight excluding hydrogens is 316 g/mol. The van der Waals surface area contributed by atoms with Gasteiger partial charge in [0, 0.05) is 11.3 Å². The molecule has 0 radical (unpaired) electrons. The van der Waals surface area contributed by atoms with E-state index in [-0.39, 0.29) is 0 Å². The van der Waals surface area contributed by atoms with Crippen molar-refractivity contribution in [2.45, 2.75) is 17.1 Å². The Labute approximate surface area is 136 Å². The third-order valence-electron chi connectivity index (χ3n) is 3.29. The van der Waals surface area contributed by atoms with Crippen molar-refractivity contribution < 1.29 is 18.4 Å². The lowest BCUT2D eigenvalue weighted by atomic mass is 10.3. The van der Waals surface area contributed by atoms with E-state index >= 15 is 0 Å². The molecular formula is C16H14N2O4S. The van der Waals surface area contributed by atoms with Gasteiger partial charge in [0.15, 0.2) is 23.1 Å². The second kappa shape index (κ2) is 6.37. The summed E-state index contributed by atoms with van der Waals surface area (Å²) in [5, 5.41) is 3.97. The third kappa shape index (κ3) is 3.19. The van der Waals surface area contributed by atoms with E-state index in [0.29, 0.717) is 36.4 Å². The highest BCUT2D eigenvalue weighted by Gasteiger charge is 2.13. The Kier molecular flexibility index (Phi) is 3.94. The Hall–Kier alpha value is -2.41. The number of hydrogen-bond donors (Lipinski definition) is 0. The second-order valence-electron chi connectivity index (χ2n) is 4.94. The fourth-order valence-electron chi connectivity index (χ4n) is 2.19. The van der Waals surface area contributed by atoms with Gasteiger partial charge in [-0.05, 0) is 30.3 Å². The van der Waals surface area contributed by atoms with E-state index in [9.17, 15) is 0 Å². The van der Waals surface area contributed by atoms with E-state index in [0.717, 1.165) is 22.8 Å². The predicted molar refractivity (Wildman–Crippen MR) is 83.6 cm³/mol. The number of thioether (sulfide) groups is 1. The molecule has 1 aromatic carbocycles. The number of furan rings is 1. The average molecular weight is 330 g/mol. The molecule has 23 heavy (non-hydrogen) atoms. The summed E-state index contributed by atoms with van der Waals surface area (Å²) in [5.74, 6) is 3.77. The number of aromatic nitrogens is 2. The molecule has 118 valence electrons. The molecule has 0 amide bonds. The van der Waals surface area contributed by atoms with Gasteiger partial charge in [0.25, 0.3) is 5.89 Å². The molecule has 0 unspecified atom stereocenters. The van der Waals surface area contributed by atoms with Crippen molar-refractivity contribution in [1.82, 2.24) is 10.1 Å². The minimum atomic E-state index is 0.393. The molecule has 6 nitrogen and oxygen atoms in total. The van der Waals surface area contributed by atoms with Crippen LogP contribution < -0.4 is 9.47 Å². The molecule has 0 bridgehead atoms. The number of nitrogens with zero attached hydrogens (tertiary/aromatic N) is 2. The number of fused-ring (bicyclic) bond motifs is 1. The van der Waals surface area contributed by atoms with E-state index in [2.05, 4.69) is 10.1 Å². The summed E-state index contributed by atoms with van der Waals surface area (Å²) in [7, 11) is 0. The summed E-state index contributed by atoms with van der Waals surface area (Å²) in [5.41, 5.74) is 0. The molecule has 1 aliphatic heterocycles. The standard InChI is InChI=1S/C16H14N2O4S/c1-3-13(20-6-1)16-17-15(18-22-16)10-23-11-4-5-12-14(9-11)21-8-2-7-19-12/h1,3-6,9H,2,7-8,10H2. The molecule has 0 saturated carbocycles. The van der Waals surface area contributed by atoms with Crippen LogP contribution in [-0.2, 0) is 5.75 Å². The molecule has 0 spiro atoms. The normalized spacial score (nSPS) is 13.7. The molecule has 0 aliphatic carbocycles. The quantitative estimate of drug-likeness (QED) is 0.674. The van der Waals surface area contributed by atoms with Crippen LogP contribution in [0.2, 0.25) is 0 Å². The molecule has 7 heteroatoms. The molecule has 0 fully saturated rings. The van der Waals surface area contributed by atoms with Gasteiger partial charge < -0.3 is 18.4 Å². The van der Waals surface area contributed by atoms with Crippen molar-refractivity contribution in [3.8, 4) is 23.1 Å². The number of rotatable bonds is 4. The van der Waals surface area contributed by atoms with Gasteiger partial charge in [0.05, 0.1) is 25.2 Å². The monoisotopic (exact) mass is 330 g/mol. The molecule has 0 N–H and O–H groups in total. The highest BCUT2D eigenvalue weighted by molar-refractivity contribution is 7.98. The van der Waals surface area contributed by atoms with Gasteiger partial charge in [-0.1, -0.05) is 5.16 Å². The van der Waals surface area contributed by atoms with Crippen LogP contribution >= 0.6 is 11.8 Å². The van der Waals surface area contributed by atoms with Gasteiger partial charge in [-0.25, -0.2) is 0 Å².